The van der Waals surface area contributed by atoms with E-state index in [1.54, 1.807) is 0 Å². The van der Waals surface area contributed by atoms with Gasteiger partial charge in [0.15, 0.2) is 0 Å². The Labute approximate surface area is 141 Å². The third-order valence-electron chi connectivity index (χ3n) is 3.32. The molecule has 1 amide bonds. The van der Waals surface area contributed by atoms with Crippen LogP contribution in [0.25, 0.3) is 0 Å². The van der Waals surface area contributed by atoms with Gasteiger partial charge in [-0.1, -0.05) is 24.6 Å². The van der Waals surface area contributed by atoms with Gasteiger partial charge in [-0.2, -0.15) is 0 Å². The molecule has 2 aromatic rings. The number of anilines is 1. The normalized spacial score (nSPS) is 10.4. The van der Waals surface area contributed by atoms with E-state index in [1.807, 2.05) is 32.9 Å². The van der Waals surface area contributed by atoms with Gasteiger partial charge in [-0.3, -0.25) is 4.79 Å². The van der Waals surface area contributed by atoms with Crippen molar-refractivity contribution in [3.05, 3.63) is 52.0 Å². The summed E-state index contributed by atoms with van der Waals surface area (Å²) >= 11 is 5.90. The van der Waals surface area contributed by atoms with Gasteiger partial charge in [-0.15, -0.1) is 0 Å². The summed E-state index contributed by atoms with van der Waals surface area (Å²) in [7, 11) is 0. The Hall–Kier alpha value is -2.20. The van der Waals surface area contributed by atoms with E-state index in [-0.39, 0.29) is 11.3 Å². The molecule has 5 heteroatoms. The maximum absolute atomic E-state index is 12.5. The fraction of sp³-hybridized carbons (Fsp3) is 0.278. The van der Waals surface area contributed by atoms with Gasteiger partial charge in [-0.05, 0) is 55.7 Å². The van der Waals surface area contributed by atoms with E-state index in [4.69, 9.17) is 16.3 Å². The molecule has 0 fully saturated rings. The molecule has 0 radical (unpaired) electrons. The molecule has 0 aliphatic rings. The number of carbonyl (C=O) groups is 1. The van der Waals surface area contributed by atoms with Gasteiger partial charge < -0.3 is 15.2 Å². The topological polar surface area (TPSA) is 58.6 Å². The zero-order valence-electron chi connectivity index (χ0n) is 13.4. The van der Waals surface area contributed by atoms with Crippen LogP contribution in [-0.4, -0.2) is 17.6 Å². The van der Waals surface area contributed by atoms with Crippen LogP contribution in [0.1, 0.15) is 34.8 Å². The molecule has 0 atom stereocenters. The second-order valence-corrected chi connectivity index (χ2v) is 5.86. The Bertz CT molecular complexity index is 728. The Balaban J connectivity index is 2.34. The van der Waals surface area contributed by atoms with Crippen molar-refractivity contribution < 1.29 is 14.6 Å². The van der Waals surface area contributed by atoms with Gasteiger partial charge in [0.1, 0.15) is 11.5 Å². The molecule has 0 unspecified atom stereocenters. The van der Waals surface area contributed by atoms with Crippen molar-refractivity contribution in [1.82, 2.24) is 0 Å². The number of carbonyl (C=O) groups excluding carboxylic acids is 1. The number of phenols is 1. The molecule has 0 aliphatic carbocycles. The Kier molecular flexibility index (Phi) is 5.50. The highest BCUT2D eigenvalue weighted by molar-refractivity contribution is 6.31. The average molecular weight is 334 g/mol. The quantitative estimate of drug-likeness (QED) is 0.833. The fourth-order valence-electron chi connectivity index (χ4n) is 2.32. The lowest BCUT2D eigenvalue weighted by Crippen LogP contribution is -2.14. The lowest BCUT2D eigenvalue weighted by atomic mass is 10.1. The number of benzene rings is 2. The molecule has 0 bridgehead atoms. The summed E-state index contributed by atoms with van der Waals surface area (Å²) in [6.07, 6.45) is 0.871. The van der Waals surface area contributed by atoms with Crippen molar-refractivity contribution in [3.63, 3.8) is 0 Å². The number of rotatable bonds is 5. The number of hydrogen-bond donors (Lipinski definition) is 2. The van der Waals surface area contributed by atoms with Crippen LogP contribution < -0.4 is 10.1 Å². The second-order valence-electron chi connectivity index (χ2n) is 5.42. The van der Waals surface area contributed by atoms with E-state index in [2.05, 4.69) is 5.32 Å². The maximum atomic E-state index is 12.5. The van der Waals surface area contributed by atoms with E-state index in [0.717, 1.165) is 17.5 Å². The second kappa shape index (κ2) is 7.38. The summed E-state index contributed by atoms with van der Waals surface area (Å²) in [5.74, 6) is 0.0935. The molecular formula is C18H20ClNO3. The van der Waals surface area contributed by atoms with Crippen LogP contribution in [0.3, 0.4) is 0 Å². The van der Waals surface area contributed by atoms with Gasteiger partial charge >= 0.3 is 0 Å². The summed E-state index contributed by atoms with van der Waals surface area (Å²) in [5.41, 5.74) is 2.67. The van der Waals surface area contributed by atoms with E-state index < -0.39 is 5.91 Å². The van der Waals surface area contributed by atoms with Gasteiger partial charge in [0, 0.05) is 5.02 Å². The summed E-state index contributed by atoms with van der Waals surface area (Å²) < 4.78 is 5.76. The Morgan fingerprint density at radius 2 is 2.00 bits per heavy atom. The zero-order valence-corrected chi connectivity index (χ0v) is 14.2. The predicted octanol–water partition coefficient (Wildman–Crippen LogP) is 4.70. The van der Waals surface area contributed by atoms with E-state index >= 15 is 0 Å². The molecule has 2 N–H and O–H groups in total. The average Bonchev–Trinajstić information content (AvgIpc) is 2.48. The van der Waals surface area contributed by atoms with Gasteiger partial charge in [-0.25, -0.2) is 0 Å². The molecule has 0 saturated heterocycles. The molecule has 0 aliphatic heterocycles. The number of phenolic OH excluding ortho intramolecular Hbond substituents is 1. The molecular weight excluding hydrogens is 314 g/mol. The van der Waals surface area contributed by atoms with Gasteiger partial charge in [0.25, 0.3) is 5.91 Å². The molecule has 23 heavy (non-hydrogen) atoms. The van der Waals surface area contributed by atoms with Crippen molar-refractivity contribution >= 4 is 23.2 Å². The molecule has 4 nitrogen and oxygen atoms in total. The third kappa shape index (κ3) is 4.17. The number of aromatic hydroxyl groups is 1. The first-order valence-electron chi connectivity index (χ1n) is 7.46. The SMILES string of the molecule is CCCOc1c(C)cc(C)cc1NC(=O)c1cc(Cl)ccc1O. The minimum atomic E-state index is -0.434. The van der Waals surface area contributed by atoms with Crippen LogP contribution in [0.5, 0.6) is 11.5 Å². The number of nitrogens with one attached hydrogen (secondary N) is 1. The Morgan fingerprint density at radius 3 is 2.70 bits per heavy atom. The number of halogens is 1. The fourth-order valence-corrected chi connectivity index (χ4v) is 2.49. The molecule has 0 heterocycles. The first-order valence-corrected chi connectivity index (χ1v) is 7.84. The van der Waals surface area contributed by atoms with Gasteiger partial charge in [0.2, 0.25) is 0 Å². The molecule has 0 spiro atoms. The first kappa shape index (κ1) is 17.2. The van der Waals surface area contributed by atoms with Crippen LogP contribution >= 0.6 is 11.6 Å². The van der Waals surface area contributed by atoms with E-state index in [0.29, 0.717) is 23.1 Å². The lowest BCUT2D eigenvalue weighted by molar-refractivity contribution is 0.102. The summed E-state index contributed by atoms with van der Waals surface area (Å²) in [6.45, 7) is 6.47. The van der Waals surface area contributed by atoms with Crippen molar-refractivity contribution in [2.75, 3.05) is 11.9 Å². The van der Waals surface area contributed by atoms with Crippen LogP contribution in [0, 0.1) is 13.8 Å². The number of aryl methyl sites for hydroxylation is 2. The zero-order chi connectivity index (χ0) is 17.0. The van der Waals surface area contributed by atoms with Gasteiger partial charge in [0.05, 0.1) is 17.9 Å². The monoisotopic (exact) mass is 333 g/mol. The van der Waals surface area contributed by atoms with Crippen molar-refractivity contribution in [3.8, 4) is 11.5 Å². The summed E-state index contributed by atoms with van der Waals surface area (Å²) in [5, 5.41) is 13.0. The standard InChI is InChI=1S/C18H20ClNO3/c1-4-7-23-17-12(3)8-11(2)9-15(17)20-18(22)14-10-13(19)5-6-16(14)21/h5-6,8-10,21H,4,7H2,1-3H3,(H,20,22). The van der Waals surface area contributed by atoms with Crippen LogP contribution in [-0.2, 0) is 0 Å². The van der Waals surface area contributed by atoms with Crippen LogP contribution in [0.2, 0.25) is 5.02 Å². The van der Waals surface area contributed by atoms with Crippen molar-refractivity contribution in [2.24, 2.45) is 0 Å². The third-order valence-corrected chi connectivity index (χ3v) is 3.56. The Morgan fingerprint density at radius 1 is 1.26 bits per heavy atom. The number of hydrogen-bond acceptors (Lipinski definition) is 3. The minimum Gasteiger partial charge on any atom is -0.507 e. The minimum absolute atomic E-state index is 0.118. The molecule has 2 aromatic carbocycles. The number of amides is 1. The number of ether oxygens (including phenoxy) is 1. The predicted molar refractivity (Wildman–Crippen MR) is 92.8 cm³/mol. The van der Waals surface area contributed by atoms with Crippen molar-refractivity contribution in [2.45, 2.75) is 27.2 Å². The molecule has 2 rings (SSSR count). The molecule has 122 valence electrons. The van der Waals surface area contributed by atoms with Crippen LogP contribution in [0.4, 0.5) is 5.69 Å². The van der Waals surface area contributed by atoms with E-state index in [1.165, 1.54) is 18.2 Å². The lowest BCUT2D eigenvalue weighted by Gasteiger charge is -2.16. The molecule has 0 saturated carbocycles. The first-order chi connectivity index (χ1) is 10.9. The highest BCUT2D eigenvalue weighted by Crippen LogP contribution is 2.32. The summed E-state index contributed by atoms with van der Waals surface area (Å²) in [4.78, 5) is 12.5. The van der Waals surface area contributed by atoms with Crippen molar-refractivity contribution in [1.29, 1.82) is 0 Å². The largest absolute Gasteiger partial charge is 0.507 e. The highest BCUT2D eigenvalue weighted by atomic mass is 35.5. The maximum Gasteiger partial charge on any atom is 0.259 e. The summed E-state index contributed by atoms with van der Waals surface area (Å²) in [6, 6.07) is 8.20. The molecule has 0 aromatic heterocycles. The highest BCUT2D eigenvalue weighted by Gasteiger charge is 2.16. The van der Waals surface area contributed by atoms with Crippen LogP contribution in [0.15, 0.2) is 30.3 Å². The van der Waals surface area contributed by atoms with E-state index in [9.17, 15) is 9.90 Å². The smallest absolute Gasteiger partial charge is 0.259 e.